The van der Waals surface area contributed by atoms with E-state index >= 15 is 0 Å². The van der Waals surface area contributed by atoms with Crippen LogP contribution in [0.25, 0.3) is 11.3 Å². The number of nitrogens with one attached hydrogen (secondary N) is 2. The lowest BCUT2D eigenvalue weighted by atomic mass is 10.1. The van der Waals surface area contributed by atoms with Crippen molar-refractivity contribution in [1.29, 1.82) is 0 Å². The van der Waals surface area contributed by atoms with Crippen molar-refractivity contribution < 1.29 is 19.0 Å². The van der Waals surface area contributed by atoms with Crippen molar-refractivity contribution in [3.8, 4) is 22.8 Å². The minimum Gasteiger partial charge on any atom is -0.497 e. The van der Waals surface area contributed by atoms with Gasteiger partial charge in [-0.2, -0.15) is 0 Å². The normalized spacial score (nSPS) is 10.6. The van der Waals surface area contributed by atoms with Crippen LogP contribution in [0.1, 0.15) is 0 Å². The molecule has 0 aliphatic rings. The van der Waals surface area contributed by atoms with Gasteiger partial charge in [0.25, 0.3) is 0 Å². The van der Waals surface area contributed by atoms with Crippen LogP contribution < -0.4 is 20.1 Å². The first-order valence-corrected chi connectivity index (χ1v) is 11.5. The van der Waals surface area contributed by atoms with Crippen LogP contribution in [0.2, 0.25) is 0 Å². The molecule has 1 aromatic carbocycles. The van der Waals surface area contributed by atoms with Crippen molar-refractivity contribution in [1.82, 2.24) is 15.2 Å². The SMILES string of the molecule is COCCNc1nnc(SCC(=O)Nc2nc(-c3ccc(OC)cc3OC)cs2)s1. The first kappa shape index (κ1) is 22.3. The predicted octanol–water partition coefficient (Wildman–Crippen LogP) is 3.47. The molecular formula is C18H21N5O4S3. The maximum absolute atomic E-state index is 12.3. The molecule has 2 aromatic heterocycles. The summed E-state index contributed by atoms with van der Waals surface area (Å²) in [6, 6.07) is 5.51. The first-order chi connectivity index (χ1) is 14.6. The molecule has 0 unspecified atom stereocenters. The van der Waals surface area contributed by atoms with Crippen LogP contribution >= 0.6 is 34.4 Å². The molecule has 0 atom stereocenters. The summed E-state index contributed by atoms with van der Waals surface area (Å²) in [5, 5.41) is 17.1. The highest BCUT2D eigenvalue weighted by Gasteiger charge is 2.14. The second kappa shape index (κ2) is 11.1. The van der Waals surface area contributed by atoms with Gasteiger partial charge in [-0.15, -0.1) is 21.5 Å². The van der Waals surface area contributed by atoms with Gasteiger partial charge >= 0.3 is 0 Å². The standard InChI is InChI=1S/C18H21N5O4S3/c1-25-7-6-19-16-22-23-18(30-16)29-10-15(24)21-17-20-13(9-28-17)12-5-4-11(26-2)8-14(12)27-3/h4-5,8-9H,6-7,10H2,1-3H3,(H,19,22)(H,20,21,24). The number of hydrogen-bond acceptors (Lipinski definition) is 11. The Bertz CT molecular complexity index is 978. The summed E-state index contributed by atoms with van der Waals surface area (Å²) in [7, 11) is 4.83. The number of thioether (sulfide) groups is 1. The third kappa shape index (κ3) is 6.05. The molecule has 2 N–H and O–H groups in total. The highest BCUT2D eigenvalue weighted by Crippen LogP contribution is 2.35. The Morgan fingerprint density at radius 2 is 2.03 bits per heavy atom. The summed E-state index contributed by atoms with van der Waals surface area (Å²) in [6.45, 7) is 1.24. The van der Waals surface area contributed by atoms with Crippen molar-refractivity contribution in [2.24, 2.45) is 0 Å². The van der Waals surface area contributed by atoms with E-state index in [1.54, 1.807) is 27.4 Å². The van der Waals surface area contributed by atoms with Gasteiger partial charge in [-0.05, 0) is 12.1 Å². The van der Waals surface area contributed by atoms with Gasteiger partial charge in [0.2, 0.25) is 11.0 Å². The number of rotatable bonds is 11. The van der Waals surface area contributed by atoms with Crippen LogP contribution in [0.3, 0.4) is 0 Å². The topological polar surface area (TPSA) is 107 Å². The Morgan fingerprint density at radius 1 is 1.17 bits per heavy atom. The number of carbonyl (C=O) groups is 1. The van der Waals surface area contributed by atoms with Crippen LogP contribution in [0.15, 0.2) is 27.9 Å². The monoisotopic (exact) mass is 467 g/mol. The minimum atomic E-state index is -0.160. The van der Waals surface area contributed by atoms with Crippen LogP contribution in [-0.4, -0.2) is 61.3 Å². The average molecular weight is 468 g/mol. The zero-order chi connectivity index (χ0) is 21.3. The number of amides is 1. The molecule has 0 spiro atoms. The summed E-state index contributed by atoms with van der Waals surface area (Å²) in [6.07, 6.45) is 0. The molecule has 0 radical (unpaired) electrons. The Kier molecular flexibility index (Phi) is 8.25. The lowest BCUT2D eigenvalue weighted by Crippen LogP contribution is -2.13. The highest BCUT2D eigenvalue weighted by molar-refractivity contribution is 8.01. The fourth-order valence-electron chi connectivity index (χ4n) is 2.35. The molecule has 0 aliphatic heterocycles. The van der Waals surface area contributed by atoms with Crippen LogP contribution in [0.5, 0.6) is 11.5 Å². The summed E-state index contributed by atoms with van der Waals surface area (Å²) in [4.78, 5) is 16.8. The number of methoxy groups -OCH3 is 3. The highest BCUT2D eigenvalue weighted by atomic mass is 32.2. The summed E-state index contributed by atoms with van der Waals surface area (Å²) < 4.78 is 16.3. The van der Waals surface area contributed by atoms with Gasteiger partial charge in [0.15, 0.2) is 9.47 Å². The maximum atomic E-state index is 12.3. The van der Waals surface area contributed by atoms with Crippen LogP contribution in [0.4, 0.5) is 10.3 Å². The molecule has 3 aromatic rings. The number of hydrogen-bond donors (Lipinski definition) is 2. The van der Waals surface area contributed by atoms with E-state index in [0.29, 0.717) is 39.3 Å². The van der Waals surface area contributed by atoms with E-state index in [4.69, 9.17) is 14.2 Å². The first-order valence-electron chi connectivity index (χ1n) is 8.79. The average Bonchev–Trinajstić information content (AvgIpc) is 3.41. The van der Waals surface area contributed by atoms with Crippen LogP contribution in [-0.2, 0) is 9.53 Å². The van der Waals surface area contributed by atoms with Crippen molar-refractivity contribution in [3.63, 3.8) is 0 Å². The second-order valence-electron chi connectivity index (χ2n) is 5.73. The predicted molar refractivity (Wildman–Crippen MR) is 120 cm³/mol. The van der Waals surface area contributed by atoms with E-state index in [-0.39, 0.29) is 11.7 Å². The van der Waals surface area contributed by atoms with Crippen molar-refractivity contribution in [2.75, 3.05) is 50.9 Å². The molecule has 0 aliphatic carbocycles. The number of nitrogens with zero attached hydrogens (tertiary/aromatic N) is 3. The third-order valence-electron chi connectivity index (χ3n) is 3.75. The molecule has 2 heterocycles. The number of ether oxygens (including phenoxy) is 3. The Morgan fingerprint density at radius 3 is 2.80 bits per heavy atom. The van der Waals surface area contributed by atoms with Crippen molar-refractivity contribution in [2.45, 2.75) is 4.34 Å². The van der Waals surface area contributed by atoms with E-state index < -0.39 is 0 Å². The van der Waals surface area contributed by atoms with Gasteiger partial charge in [0, 0.05) is 30.7 Å². The summed E-state index contributed by atoms with van der Waals surface area (Å²) in [5.41, 5.74) is 1.55. The van der Waals surface area contributed by atoms with E-state index in [1.165, 1.54) is 34.4 Å². The maximum Gasteiger partial charge on any atom is 0.236 e. The molecule has 3 rings (SSSR count). The molecule has 12 heteroatoms. The molecule has 0 saturated heterocycles. The van der Waals surface area contributed by atoms with E-state index in [2.05, 4.69) is 25.8 Å². The van der Waals surface area contributed by atoms with E-state index in [1.807, 2.05) is 17.5 Å². The number of carbonyl (C=O) groups excluding carboxylic acids is 1. The lowest BCUT2D eigenvalue weighted by Gasteiger charge is -2.08. The smallest absolute Gasteiger partial charge is 0.236 e. The number of benzene rings is 1. The fourth-order valence-corrected chi connectivity index (χ4v) is 4.65. The lowest BCUT2D eigenvalue weighted by molar-refractivity contribution is -0.113. The fraction of sp³-hybridized carbons (Fsp3) is 0.333. The van der Waals surface area contributed by atoms with Gasteiger partial charge in [-0.1, -0.05) is 23.1 Å². The van der Waals surface area contributed by atoms with Crippen molar-refractivity contribution in [3.05, 3.63) is 23.6 Å². The van der Waals surface area contributed by atoms with Gasteiger partial charge in [0.1, 0.15) is 11.5 Å². The molecule has 0 fully saturated rings. The molecule has 0 bridgehead atoms. The third-order valence-corrected chi connectivity index (χ3v) is 6.52. The zero-order valence-electron chi connectivity index (χ0n) is 16.6. The van der Waals surface area contributed by atoms with E-state index in [0.717, 1.165) is 11.3 Å². The quantitative estimate of drug-likeness (QED) is 0.324. The van der Waals surface area contributed by atoms with Gasteiger partial charge in [-0.3, -0.25) is 4.79 Å². The Hall–Kier alpha value is -2.41. The van der Waals surface area contributed by atoms with Gasteiger partial charge in [-0.25, -0.2) is 4.98 Å². The number of thiazole rings is 1. The summed E-state index contributed by atoms with van der Waals surface area (Å²) in [5.74, 6) is 1.41. The Balaban J connectivity index is 1.54. The second-order valence-corrected chi connectivity index (χ2v) is 8.79. The number of aromatic nitrogens is 3. The zero-order valence-corrected chi connectivity index (χ0v) is 19.1. The minimum absolute atomic E-state index is 0.160. The molecule has 0 saturated carbocycles. The van der Waals surface area contributed by atoms with Gasteiger partial charge < -0.3 is 24.8 Å². The Labute approximate surface area is 186 Å². The van der Waals surface area contributed by atoms with Crippen LogP contribution in [0, 0.1) is 0 Å². The van der Waals surface area contributed by atoms with Gasteiger partial charge in [0.05, 0.1) is 32.3 Å². The molecule has 30 heavy (non-hydrogen) atoms. The molecule has 160 valence electrons. The molecule has 1 amide bonds. The largest absolute Gasteiger partial charge is 0.497 e. The molecular weight excluding hydrogens is 446 g/mol. The number of anilines is 2. The van der Waals surface area contributed by atoms with Crippen molar-refractivity contribution >= 4 is 50.6 Å². The molecule has 9 nitrogen and oxygen atoms in total. The van der Waals surface area contributed by atoms with E-state index in [9.17, 15) is 4.79 Å². The summed E-state index contributed by atoms with van der Waals surface area (Å²) >= 11 is 4.08.